The molecule has 0 spiro atoms. The Kier molecular flexibility index (Phi) is 3.17. The van der Waals surface area contributed by atoms with Gasteiger partial charge in [-0.2, -0.15) is 5.10 Å². The normalized spacial score (nSPS) is 11.4. The van der Waals surface area contributed by atoms with E-state index in [-0.39, 0.29) is 5.78 Å². The number of hydrogen-bond donors (Lipinski definition) is 4. The monoisotopic (exact) mass is 356 g/mol. The van der Waals surface area contributed by atoms with Gasteiger partial charge in [-0.3, -0.25) is 9.89 Å². The van der Waals surface area contributed by atoms with Crippen LogP contribution in [0.4, 0.5) is 5.69 Å². The van der Waals surface area contributed by atoms with Gasteiger partial charge >= 0.3 is 0 Å². The van der Waals surface area contributed by atoms with Gasteiger partial charge in [0.2, 0.25) is 5.78 Å². The fourth-order valence-corrected chi connectivity index (χ4v) is 3.39. The van der Waals surface area contributed by atoms with Crippen molar-refractivity contribution in [2.75, 3.05) is 5.73 Å². The van der Waals surface area contributed by atoms with E-state index in [2.05, 4.69) is 25.1 Å². The van der Waals surface area contributed by atoms with Crippen molar-refractivity contribution in [2.24, 2.45) is 0 Å². The summed E-state index contributed by atoms with van der Waals surface area (Å²) >= 11 is 0. The highest BCUT2D eigenvalue weighted by Gasteiger charge is 2.19. The largest absolute Gasteiger partial charge is 0.399 e. The van der Waals surface area contributed by atoms with Crippen molar-refractivity contribution in [3.8, 4) is 11.3 Å². The number of ketones is 1. The highest BCUT2D eigenvalue weighted by atomic mass is 16.1. The van der Waals surface area contributed by atoms with E-state index in [1.54, 1.807) is 12.3 Å². The standard InChI is InChI=1S/C20H16N6O/c1-10-23-16-4-2-11(7-17(16)24-10)19-14(9-22-26-19)20(27)18-8-12-6-13(21)3-5-15(12)25-18/h2-9,25H,21H2,1H3,(H,22,26)(H,23,24). The average molecular weight is 356 g/mol. The second kappa shape index (κ2) is 5.57. The summed E-state index contributed by atoms with van der Waals surface area (Å²) in [6.07, 6.45) is 1.62. The number of anilines is 1. The van der Waals surface area contributed by atoms with Crippen LogP contribution < -0.4 is 5.73 Å². The highest BCUT2D eigenvalue weighted by molar-refractivity contribution is 6.13. The van der Waals surface area contributed by atoms with E-state index in [9.17, 15) is 4.79 Å². The van der Waals surface area contributed by atoms with Gasteiger partial charge in [-0.05, 0) is 43.3 Å². The van der Waals surface area contributed by atoms with Crippen molar-refractivity contribution < 1.29 is 4.79 Å². The number of nitrogens with two attached hydrogens (primary N) is 1. The zero-order valence-electron chi connectivity index (χ0n) is 14.5. The molecular formula is C20H16N6O. The number of H-pyrrole nitrogens is 3. The molecule has 0 bridgehead atoms. The van der Waals surface area contributed by atoms with Gasteiger partial charge in [0, 0.05) is 28.4 Å². The molecule has 0 saturated carbocycles. The van der Waals surface area contributed by atoms with Crippen LogP contribution in [0.1, 0.15) is 21.9 Å². The summed E-state index contributed by atoms with van der Waals surface area (Å²) < 4.78 is 0. The third-order valence-electron chi connectivity index (χ3n) is 4.65. The van der Waals surface area contributed by atoms with Gasteiger partial charge < -0.3 is 15.7 Å². The van der Waals surface area contributed by atoms with Crippen molar-refractivity contribution in [3.63, 3.8) is 0 Å². The number of rotatable bonds is 3. The molecule has 0 unspecified atom stereocenters. The van der Waals surface area contributed by atoms with Crippen LogP contribution in [0.15, 0.2) is 48.7 Å². The summed E-state index contributed by atoms with van der Waals surface area (Å²) in [6.45, 7) is 1.91. The molecule has 3 aromatic heterocycles. The van der Waals surface area contributed by atoms with Crippen molar-refractivity contribution in [1.29, 1.82) is 0 Å². The minimum Gasteiger partial charge on any atom is -0.399 e. The minimum atomic E-state index is -0.130. The Bertz CT molecular complexity index is 1320. The molecule has 2 aromatic carbocycles. The van der Waals surface area contributed by atoms with Crippen LogP contribution in [0.3, 0.4) is 0 Å². The predicted octanol–water partition coefficient (Wildman–Crippen LogP) is 3.56. The number of aromatic nitrogens is 5. The van der Waals surface area contributed by atoms with Crippen LogP contribution in [0, 0.1) is 6.92 Å². The molecule has 0 aliphatic heterocycles. The SMILES string of the molecule is Cc1nc2ccc(-c3n[nH]cc3C(=O)c3cc4cc(N)ccc4[nH]3)cc2[nH]1. The molecule has 5 N–H and O–H groups in total. The Labute approximate surface area is 153 Å². The Morgan fingerprint density at radius 2 is 1.93 bits per heavy atom. The number of aromatic amines is 3. The van der Waals surface area contributed by atoms with E-state index in [1.807, 2.05) is 43.3 Å². The van der Waals surface area contributed by atoms with E-state index in [1.165, 1.54) is 0 Å². The van der Waals surface area contributed by atoms with Gasteiger partial charge in [0.15, 0.2) is 0 Å². The second-order valence-electron chi connectivity index (χ2n) is 6.56. The van der Waals surface area contributed by atoms with Gasteiger partial charge in [-0.15, -0.1) is 0 Å². The molecule has 132 valence electrons. The minimum absolute atomic E-state index is 0.130. The van der Waals surface area contributed by atoms with Gasteiger partial charge in [0.1, 0.15) is 11.5 Å². The van der Waals surface area contributed by atoms with E-state index in [0.29, 0.717) is 22.6 Å². The lowest BCUT2D eigenvalue weighted by Crippen LogP contribution is -2.02. The van der Waals surface area contributed by atoms with Crippen molar-refractivity contribution in [2.45, 2.75) is 6.92 Å². The number of fused-ring (bicyclic) bond motifs is 2. The van der Waals surface area contributed by atoms with E-state index in [0.717, 1.165) is 33.3 Å². The Morgan fingerprint density at radius 1 is 1.04 bits per heavy atom. The maximum Gasteiger partial charge on any atom is 0.212 e. The lowest BCUT2D eigenvalue weighted by Gasteiger charge is -2.01. The Morgan fingerprint density at radius 3 is 2.81 bits per heavy atom. The van der Waals surface area contributed by atoms with Gasteiger partial charge in [0.25, 0.3) is 0 Å². The van der Waals surface area contributed by atoms with Crippen molar-refractivity contribution >= 4 is 33.4 Å². The molecule has 0 fully saturated rings. The van der Waals surface area contributed by atoms with E-state index >= 15 is 0 Å². The molecule has 7 nitrogen and oxygen atoms in total. The molecule has 5 aromatic rings. The molecule has 0 aliphatic carbocycles. The molecule has 0 atom stereocenters. The van der Waals surface area contributed by atoms with Gasteiger partial charge in [-0.25, -0.2) is 4.98 Å². The lowest BCUT2D eigenvalue weighted by atomic mass is 10.0. The number of carbonyl (C=O) groups excluding carboxylic acids is 1. The highest BCUT2D eigenvalue weighted by Crippen LogP contribution is 2.27. The van der Waals surface area contributed by atoms with Gasteiger partial charge in [0.05, 0.1) is 22.3 Å². The number of carbonyl (C=O) groups is 1. The first kappa shape index (κ1) is 15.4. The molecular weight excluding hydrogens is 340 g/mol. The number of aryl methyl sites for hydroxylation is 1. The summed E-state index contributed by atoms with van der Waals surface area (Å²) in [5.41, 5.74) is 11.6. The summed E-state index contributed by atoms with van der Waals surface area (Å²) in [6, 6.07) is 13.1. The molecule has 5 rings (SSSR count). The first-order chi connectivity index (χ1) is 13.1. The number of imidazole rings is 1. The second-order valence-corrected chi connectivity index (χ2v) is 6.56. The van der Waals surface area contributed by atoms with Gasteiger partial charge in [-0.1, -0.05) is 6.07 Å². The van der Waals surface area contributed by atoms with Crippen LogP contribution in [0.25, 0.3) is 33.2 Å². The quantitative estimate of drug-likeness (QED) is 0.292. The zero-order chi connectivity index (χ0) is 18.5. The molecule has 0 aliphatic rings. The Hall–Kier alpha value is -3.87. The third kappa shape index (κ3) is 2.48. The van der Waals surface area contributed by atoms with Crippen LogP contribution >= 0.6 is 0 Å². The van der Waals surface area contributed by atoms with Crippen LogP contribution in [-0.2, 0) is 0 Å². The summed E-state index contributed by atoms with van der Waals surface area (Å²) in [4.78, 5) is 23.9. The fourth-order valence-electron chi connectivity index (χ4n) is 3.39. The van der Waals surface area contributed by atoms with E-state index < -0.39 is 0 Å². The summed E-state index contributed by atoms with van der Waals surface area (Å²) in [5.74, 6) is 0.715. The fraction of sp³-hybridized carbons (Fsp3) is 0.0500. The van der Waals surface area contributed by atoms with Crippen molar-refractivity contribution in [1.82, 2.24) is 25.1 Å². The maximum atomic E-state index is 13.1. The first-order valence-corrected chi connectivity index (χ1v) is 8.52. The number of hydrogen-bond acceptors (Lipinski definition) is 4. The lowest BCUT2D eigenvalue weighted by molar-refractivity contribution is 0.103. The summed E-state index contributed by atoms with van der Waals surface area (Å²) in [5, 5.41) is 8.01. The molecule has 27 heavy (non-hydrogen) atoms. The molecule has 0 amide bonds. The van der Waals surface area contributed by atoms with Crippen molar-refractivity contribution in [3.05, 3.63) is 65.7 Å². The van der Waals surface area contributed by atoms with E-state index in [4.69, 9.17) is 5.73 Å². The maximum absolute atomic E-state index is 13.1. The zero-order valence-corrected chi connectivity index (χ0v) is 14.5. The Balaban J connectivity index is 1.59. The molecule has 3 heterocycles. The number of benzene rings is 2. The predicted molar refractivity (Wildman–Crippen MR) is 105 cm³/mol. The molecule has 0 radical (unpaired) electrons. The average Bonchev–Trinajstić information content (AvgIpc) is 3.36. The number of nitrogen functional groups attached to an aromatic ring is 1. The van der Waals surface area contributed by atoms with Crippen LogP contribution in [0.2, 0.25) is 0 Å². The molecule has 0 saturated heterocycles. The topological polar surface area (TPSA) is 116 Å². The van der Waals surface area contributed by atoms with Crippen LogP contribution in [-0.4, -0.2) is 30.9 Å². The smallest absolute Gasteiger partial charge is 0.212 e. The number of nitrogens with one attached hydrogen (secondary N) is 3. The first-order valence-electron chi connectivity index (χ1n) is 8.52. The molecule has 7 heteroatoms. The summed E-state index contributed by atoms with van der Waals surface area (Å²) in [7, 11) is 0. The third-order valence-corrected chi connectivity index (χ3v) is 4.65. The van der Waals surface area contributed by atoms with Crippen LogP contribution in [0.5, 0.6) is 0 Å². The number of nitrogens with zero attached hydrogens (tertiary/aromatic N) is 2.